The van der Waals surface area contributed by atoms with Gasteiger partial charge >= 0.3 is 0 Å². The minimum absolute atomic E-state index is 0.0838. The number of carbonyl (C=O) groups is 1. The highest BCUT2D eigenvalue weighted by molar-refractivity contribution is 9.10. The van der Waals surface area contributed by atoms with Gasteiger partial charge in [-0.1, -0.05) is 58.4 Å². The number of allylic oxidation sites excluding steroid dienone is 2. The zero-order valence-corrected chi connectivity index (χ0v) is 13.9. The number of halogens is 1. The van der Waals surface area contributed by atoms with Gasteiger partial charge in [-0.15, -0.1) is 0 Å². The number of benzene rings is 2. The van der Waals surface area contributed by atoms with Crippen LogP contribution in [0.25, 0.3) is 0 Å². The molecule has 1 aliphatic carbocycles. The number of carbonyl (C=O) groups excluding carboxylic acids is 1. The summed E-state index contributed by atoms with van der Waals surface area (Å²) in [4.78, 5) is 11.5. The molecule has 0 amide bonds. The third-order valence-corrected chi connectivity index (χ3v) is 5.32. The van der Waals surface area contributed by atoms with Gasteiger partial charge in [0.25, 0.3) is 0 Å². The second-order valence-corrected chi connectivity index (χ2v) is 7.00. The Labute approximate surface area is 143 Å². The van der Waals surface area contributed by atoms with E-state index in [0.29, 0.717) is 11.6 Å². The smallest absolute Gasteiger partial charge is 0.0736 e. The van der Waals surface area contributed by atoms with Gasteiger partial charge in [0.05, 0.1) is 12.0 Å². The molecule has 116 valence electrons. The van der Waals surface area contributed by atoms with E-state index in [-0.39, 0.29) is 17.5 Å². The van der Waals surface area contributed by atoms with Crippen molar-refractivity contribution in [3.63, 3.8) is 0 Å². The Balaban J connectivity index is 1.85. The largest absolute Gasteiger partial charge is 0.545 e. The normalized spacial score (nSPS) is 24.7. The molecule has 4 heteroatoms. The van der Waals surface area contributed by atoms with E-state index in [1.807, 2.05) is 18.2 Å². The van der Waals surface area contributed by atoms with Crippen LogP contribution in [0.2, 0.25) is 0 Å². The van der Waals surface area contributed by atoms with Crippen molar-refractivity contribution >= 4 is 27.6 Å². The first-order chi connectivity index (χ1) is 11.1. The summed E-state index contributed by atoms with van der Waals surface area (Å²) in [5.41, 5.74) is 3.15. The standard InChI is InChI=1S/C19H16BrNO2/c20-12-5-1-4-11(10-12)17-14-7-2-6-13(14)15-8-3-9-16(19(22)23)18(15)21-17/h1-6,8-10,13-14,17,21H,7H2,(H,22,23)/p-1/t13-,14-,17+/m0/s1. The molecule has 2 aromatic carbocycles. The zero-order chi connectivity index (χ0) is 16.0. The maximum Gasteiger partial charge on any atom is 0.0736 e. The molecule has 3 atom stereocenters. The molecule has 0 aromatic heterocycles. The molecule has 0 saturated heterocycles. The SMILES string of the molecule is O=C([O-])c1cccc2c1N[C@H](c1cccc(Br)c1)[C@H]1CC=C[C@H]21. The summed E-state index contributed by atoms with van der Waals surface area (Å²) < 4.78 is 1.03. The van der Waals surface area contributed by atoms with Crippen LogP contribution < -0.4 is 10.4 Å². The molecular formula is C19H15BrNO2-. The van der Waals surface area contributed by atoms with E-state index in [2.05, 4.69) is 45.5 Å². The number of anilines is 1. The molecular weight excluding hydrogens is 354 g/mol. The molecule has 4 rings (SSSR count). The number of aromatic carboxylic acids is 1. The van der Waals surface area contributed by atoms with E-state index >= 15 is 0 Å². The summed E-state index contributed by atoms with van der Waals surface area (Å²) in [6, 6.07) is 13.7. The Morgan fingerprint density at radius 3 is 2.83 bits per heavy atom. The van der Waals surface area contributed by atoms with Crippen LogP contribution in [-0.2, 0) is 0 Å². The number of hydrogen-bond acceptors (Lipinski definition) is 3. The highest BCUT2D eigenvalue weighted by Gasteiger charge is 2.38. The van der Waals surface area contributed by atoms with Crippen LogP contribution in [0.5, 0.6) is 0 Å². The van der Waals surface area contributed by atoms with Crippen molar-refractivity contribution in [2.24, 2.45) is 5.92 Å². The van der Waals surface area contributed by atoms with E-state index in [9.17, 15) is 9.90 Å². The molecule has 2 aromatic rings. The first kappa shape index (κ1) is 14.5. The third kappa shape index (κ3) is 2.38. The highest BCUT2D eigenvalue weighted by atomic mass is 79.9. The molecule has 0 unspecified atom stereocenters. The van der Waals surface area contributed by atoms with E-state index < -0.39 is 5.97 Å². The lowest BCUT2D eigenvalue weighted by Crippen LogP contribution is -2.32. The number of fused-ring (bicyclic) bond motifs is 3. The van der Waals surface area contributed by atoms with Gasteiger partial charge < -0.3 is 15.2 Å². The Kier molecular flexibility index (Phi) is 3.49. The first-order valence-corrected chi connectivity index (χ1v) is 8.47. The van der Waals surface area contributed by atoms with Crippen LogP contribution in [0.15, 0.2) is 59.1 Å². The van der Waals surface area contributed by atoms with E-state index in [4.69, 9.17) is 0 Å². The second kappa shape index (κ2) is 5.53. The number of nitrogens with one attached hydrogen (secondary N) is 1. The Morgan fingerprint density at radius 2 is 2.04 bits per heavy atom. The van der Waals surface area contributed by atoms with Crippen molar-refractivity contribution in [1.29, 1.82) is 0 Å². The highest BCUT2D eigenvalue weighted by Crippen LogP contribution is 2.50. The van der Waals surface area contributed by atoms with Gasteiger partial charge in [-0.2, -0.15) is 0 Å². The van der Waals surface area contributed by atoms with E-state index in [1.54, 1.807) is 12.1 Å². The molecule has 0 bridgehead atoms. The predicted molar refractivity (Wildman–Crippen MR) is 91.3 cm³/mol. The number of rotatable bonds is 2. The van der Waals surface area contributed by atoms with Crippen molar-refractivity contribution in [3.8, 4) is 0 Å². The van der Waals surface area contributed by atoms with Crippen molar-refractivity contribution < 1.29 is 9.90 Å². The van der Waals surface area contributed by atoms with Crippen molar-refractivity contribution in [3.05, 3.63) is 75.8 Å². The van der Waals surface area contributed by atoms with Crippen LogP contribution in [0.4, 0.5) is 5.69 Å². The fraction of sp³-hybridized carbons (Fsp3) is 0.211. The Bertz CT molecular complexity index is 815. The molecule has 1 heterocycles. The molecule has 3 nitrogen and oxygen atoms in total. The maximum atomic E-state index is 11.5. The lowest BCUT2D eigenvalue weighted by atomic mass is 9.76. The van der Waals surface area contributed by atoms with Crippen LogP contribution in [0.3, 0.4) is 0 Å². The summed E-state index contributed by atoms with van der Waals surface area (Å²) >= 11 is 3.52. The van der Waals surface area contributed by atoms with Gasteiger partial charge in [-0.05, 0) is 35.6 Å². The average molecular weight is 369 g/mol. The minimum Gasteiger partial charge on any atom is -0.545 e. The zero-order valence-electron chi connectivity index (χ0n) is 12.3. The first-order valence-electron chi connectivity index (χ1n) is 7.68. The van der Waals surface area contributed by atoms with Crippen molar-refractivity contribution in [1.82, 2.24) is 0 Å². The van der Waals surface area contributed by atoms with Crippen LogP contribution in [0, 0.1) is 5.92 Å². The second-order valence-electron chi connectivity index (χ2n) is 6.09. The number of carboxylic acids is 1. The molecule has 1 aliphatic heterocycles. The van der Waals surface area contributed by atoms with Gasteiger partial charge in [-0.25, -0.2) is 0 Å². The molecule has 0 saturated carbocycles. The summed E-state index contributed by atoms with van der Waals surface area (Å²) in [6.07, 6.45) is 5.39. The summed E-state index contributed by atoms with van der Waals surface area (Å²) in [5, 5.41) is 15.0. The molecule has 2 aliphatic rings. The average Bonchev–Trinajstić information content (AvgIpc) is 3.03. The lowest BCUT2D eigenvalue weighted by Gasteiger charge is -2.38. The van der Waals surface area contributed by atoms with Gasteiger partial charge in [0, 0.05) is 21.6 Å². The minimum atomic E-state index is -1.14. The van der Waals surface area contributed by atoms with Crippen LogP contribution >= 0.6 is 15.9 Å². The summed E-state index contributed by atoms with van der Waals surface area (Å²) in [5.74, 6) is -0.494. The van der Waals surface area contributed by atoms with E-state index in [0.717, 1.165) is 22.0 Å². The Hall–Kier alpha value is -2.07. The maximum absolute atomic E-state index is 11.5. The van der Waals surface area contributed by atoms with Crippen LogP contribution in [0.1, 0.15) is 39.9 Å². The topological polar surface area (TPSA) is 52.2 Å². The van der Waals surface area contributed by atoms with Gasteiger partial charge in [0.2, 0.25) is 0 Å². The molecule has 1 N–H and O–H groups in total. The lowest BCUT2D eigenvalue weighted by molar-refractivity contribution is -0.254. The summed E-state index contributed by atoms with van der Waals surface area (Å²) in [6.45, 7) is 0. The van der Waals surface area contributed by atoms with Crippen LogP contribution in [-0.4, -0.2) is 5.97 Å². The van der Waals surface area contributed by atoms with Gasteiger partial charge in [-0.3, -0.25) is 0 Å². The number of para-hydroxylation sites is 1. The number of carboxylic acid groups (broad SMARTS) is 1. The molecule has 0 spiro atoms. The number of hydrogen-bond donors (Lipinski definition) is 1. The van der Waals surface area contributed by atoms with Crippen molar-refractivity contribution in [2.75, 3.05) is 5.32 Å². The monoisotopic (exact) mass is 368 g/mol. The predicted octanol–water partition coefficient (Wildman–Crippen LogP) is 3.64. The Morgan fingerprint density at radius 1 is 1.22 bits per heavy atom. The molecule has 0 radical (unpaired) electrons. The summed E-state index contributed by atoms with van der Waals surface area (Å²) in [7, 11) is 0. The molecule has 0 fully saturated rings. The van der Waals surface area contributed by atoms with E-state index in [1.165, 1.54) is 0 Å². The fourth-order valence-electron chi connectivity index (χ4n) is 3.82. The molecule has 23 heavy (non-hydrogen) atoms. The fourth-order valence-corrected chi connectivity index (χ4v) is 4.24. The van der Waals surface area contributed by atoms with Gasteiger partial charge in [0.15, 0.2) is 0 Å². The van der Waals surface area contributed by atoms with Crippen molar-refractivity contribution in [2.45, 2.75) is 18.4 Å². The third-order valence-electron chi connectivity index (χ3n) is 4.82. The quantitative estimate of drug-likeness (QED) is 0.823. The van der Waals surface area contributed by atoms with Gasteiger partial charge in [0.1, 0.15) is 0 Å².